The molecule has 2 N–H and O–H groups in total. The van der Waals surface area contributed by atoms with Crippen molar-refractivity contribution >= 4 is 17.7 Å². The van der Waals surface area contributed by atoms with Crippen molar-refractivity contribution in [2.75, 3.05) is 6.54 Å². The Hall–Kier alpha value is -2.37. The van der Waals surface area contributed by atoms with Crippen molar-refractivity contribution in [1.29, 1.82) is 0 Å². The normalized spacial score (nSPS) is 26.7. The minimum Gasteiger partial charge on any atom is -0.347 e. The Bertz CT molecular complexity index is 641. The molecule has 0 radical (unpaired) electrons. The molecule has 0 aliphatic carbocycles. The van der Waals surface area contributed by atoms with E-state index in [0.717, 1.165) is 5.56 Å². The Kier molecular flexibility index (Phi) is 4.07. The van der Waals surface area contributed by atoms with Crippen LogP contribution in [-0.2, 0) is 9.59 Å². The fourth-order valence-electron chi connectivity index (χ4n) is 3.21. The van der Waals surface area contributed by atoms with Gasteiger partial charge in [0.1, 0.15) is 12.1 Å². The van der Waals surface area contributed by atoms with Gasteiger partial charge < -0.3 is 15.5 Å². The van der Waals surface area contributed by atoms with E-state index in [0.29, 0.717) is 24.9 Å². The summed E-state index contributed by atoms with van der Waals surface area (Å²) in [6.07, 6.45) is 1.04. The summed E-state index contributed by atoms with van der Waals surface area (Å²) in [5, 5.41) is 5.69. The topological polar surface area (TPSA) is 78.5 Å². The molecule has 6 nitrogen and oxygen atoms in total. The number of carbonyl (C=O) groups excluding carboxylic acids is 3. The van der Waals surface area contributed by atoms with E-state index in [-0.39, 0.29) is 23.8 Å². The summed E-state index contributed by atoms with van der Waals surface area (Å²) in [4.78, 5) is 38.3. The Morgan fingerprint density at radius 2 is 2.00 bits per heavy atom. The molecule has 122 valence electrons. The van der Waals surface area contributed by atoms with E-state index < -0.39 is 12.1 Å². The van der Waals surface area contributed by atoms with Crippen molar-refractivity contribution in [1.82, 2.24) is 15.5 Å². The van der Waals surface area contributed by atoms with Crippen molar-refractivity contribution in [3.8, 4) is 0 Å². The molecule has 6 heteroatoms. The Labute approximate surface area is 135 Å². The summed E-state index contributed by atoms with van der Waals surface area (Å²) < 4.78 is 0. The zero-order chi connectivity index (χ0) is 16.6. The number of nitrogens with one attached hydrogen (secondary N) is 2. The zero-order valence-corrected chi connectivity index (χ0v) is 13.3. The lowest BCUT2D eigenvalue weighted by Crippen LogP contribution is -2.60. The monoisotopic (exact) mass is 315 g/mol. The van der Waals surface area contributed by atoms with Crippen LogP contribution in [0, 0.1) is 6.92 Å². The molecule has 0 saturated carbocycles. The first-order valence-corrected chi connectivity index (χ1v) is 7.98. The molecule has 1 aromatic carbocycles. The van der Waals surface area contributed by atoms with Gasteiger partial charge in [-0.15, -0.1) is 0 Å². The second kappa shape index (κ2) is 6.02. The van der Waals surface area contributed by atoms with Crippen LogP contribution in [0.5, 0.6) is 0 Å². The molecular weight excluding hydrogens is 294 g/mol. The van der Waals surface area contributed by atoms with Crippen LogP contribution in [0.25, 0.3) is 0 Å². The number of hydrogen-bond acceptors (Lipinski definition) is 3. The highest BCUT2D eigenvalue weighted by Gasteiger charge is 2.46. The highest BCUT2D eigenvalue weighted by molar-refractivity contribution is 5.98. The second-order valence-corrected chi connectivity index (χ2v) is 6.25. The third-order valence-electron chi connectivity index (χ3n) is 4.56. The van der Waals surface area contributed by atoms with Crippen molar-refractivity contribution in [2.24, 2.45) is 0 Å². The molecule has 0 aromatic heterocycles. The number of rotatable bonds is 3. The molecule has 23 heavy (non-hydrogen) atoms. The van der Waals surface area contributed by atoms with Crippen molar-refractivity contribution < 1.29 is 14.4 Å². The third kappa shape index (κ3) is 2.93. The average Bonchev–Trinajstić information content (AvgIpc) is 2.96. The maximum Gasteiger partial charge on any atom is 0.251 e. The number of benzene rings is 1. The first-order chi connectivity index (χ1) is 11.0. The summed E-state index contributed by atoms with van der Waals surface area (Å²) in [5.41, 5.74) is 1.68. The number of fused-ring (bicyclic) bond motifs is 1. The van der Waals surface area contributed by atoms with Crippen molar-refractivity contribution in [2.45, 2.75) is 44.8 Å². The van der Waals surface area contributed by atoms with Crippen LogP contribution in [0.2, 0.25) is 0 Å². The van der Waals surface area contributed by atoms with E-state index in [1.807, 2.05) is 26.0 Å². The van der Waals surface area contributed by atoms with Crippen molar-refractivity contribution in [3.63, 3.8) is 0 Å². The summed E-state index contributed by atoms with van der Waals surface area (Å²) >= 11 is 0. The molecule has 3 atom stereocenters. The highest BCUT2D eigenvalue weighted by atomic mass is 16.2. The number of hydrogen-bond donors (Lipinski definition) is 2. The SMILES string of the molecule is CC[C@@H]1NC(=O)[C@@H]2C[C@H](NC(=O)c3ccc(C)cc3)CN2C1=O. The van der Waals surface area contributed by atoms with Crippen LogP contribution in [-0.4, -0.2) is 47.3 Å². The lowest BCUT2D eigenvalue weighted by atomic mass is 10.1. The molecule has 0 unspecified atom stereocenters. The van der Waals surface area contributed by atoms with E-state index in [2.05, 4.69) is 10.6 Å². The summed E-state index contributed by atoms with van der Waals surface area (Å²) in [6, 6.07) is 6.22. The molecule has 2 aliphatic rings. The molecule has 2 saturated heterocycles. The van der Waals surface area contributed by atoms with Gasteiger partial charge in [0.2, 0.25) is 11.8 Å². The molecule has 1 aromatic rings. The minimum absolute atomic E-state index is 0.0517. The Morgan fingerprint density at radius 3 is 2.65 bits per heavy atom. The lowest BCUT2D eigenvalue weighted by molar-refractivity contribution is -0.147. The summed E-state index contributed by atoms with van der Waals surface area (Å²) in [6.45, 7) is 4.23. The van der Waals surface area contributed by atoms with E-state index in [9.17, 15) is 14.4 Å². The standard InChI is InChI=1S/C17H21N3O3/c1-3-13-17(23)20-9-12(8-14(20)16(22)19-13)18-15(21)11-6-4-10(2)5-7-11/h4-7,12-14H,3,8-9H2,1-2H3,(H,18,21)(H,19,22)/t12-,13-,14-/m0/s1. The average molecular weight is 315 g/mol. The first-order valence-electron chi connectivity index (χ1n) is 7.98. The summed E-state index contributed by atoms with van der Waals surface area (Å²) in [7, 11) is 0. The first kappa shape index (κ1) is 15.5. The second-order valence-electron chi connectivity index (χ2n) is 6.25. The van der Waals surface area contributed by atoms with Gasteiger partial charge in [-0.2, -0.15) is 0 Å². The van der Waals surface area contributed by atoms with Gasteiger partial charge in [-0.1, -0.05) is 24.6 Å². The maximum absolute atomic E-state index is 12.3. The number of amides is 3. The zero-order valence-electron chi connectivity index (χ0n) is 13.3. The van der Waals surface area contributed by atoms with Crippen molar-refractivity contribution in [3.05, 3.63) is 35.4 Å². The number of piperazine rings is 1. The Morgan fingerprint density at radius 1 is 1.30 bits per heavy atom. The largest absolute Gasteiger partial charge is 0.347 e. The molecule has 2 aliphatic heterocycles. The third-order valence-corrected chi connectivity index (χ3v) is 4.56. The van der Waals surface area contributed by atoms with Gasteiger partial charge in [0, 0.05) is 18.2 Å². The van der Waals surface area contributed by atoms with Gasteiger partial charge in [-0.25, -0.2) is 0 Å². The van der Waals surface area contributed by atoms with Crippen LogP contribution < -0.4 is 10.6 Å². The smallest absolute Gasteiger partial charge is 0.251 e. The number of aryl methyl sites for hydroxylation is 1. The number of carbonyl (C=O) groups is 3. The fraction of sp³-hybridized carbons (Fsp3) is 0.471. The predicted octanol–water partition coefficient (Wildman–Crippen LogP) is 0.603. The Balaban J connectivity index is 1.67. The highest BCUT2D eigenvalue weighted by Crippen LogP contribution is 2.23. The van der Waals surface area contributed by atoms with Gasteiger partial charge in [0.05, 0.1) is 0 Å². The van der Waals surface area contributed by atoms with Crippen LogP contribution >= 0.6 is 0 Å². The molecule has 0 bridgehead atoms. The van der Waals surface area contributed by atoms with Crippen LogP contribution in [0.15, 0.2) is 24.3 Å². The molecule has 0 spiro atoms. The van der Waals surface area contributed by atoms with Gasteiger partial charge >= 0.3 is 0 Å². The van der Waals surface area contributed by atoms with Crippen LogP contribution in [0.1, 0.15) is 35.7 Å². The van der Waals surface area contributed by atoms with Crippen LogP contribution in [0.3, 0.4) is 0 Å². The van der Waals surface area contributed by atoms with Gasteiger partial charge in [0.15, 0.2) is 0 Å². The van der Waals surface area contributed by atoms with Gasteiger partial charge in [-0.05, 0) is 31.9 Å². The fourth-order valence-corrected chi connectivity index (χ4v) is 3.21. The van der Waals surface area contributed by atoms with Gasteiger partial charge in [0.25, 0.3) is 5.91 Å². The van der Waals surface area contributed by atoms with Crippen LogP contribution in [0.4, 0.5) is 0 Å². The molecule has 2 fully saturated rings. The molecule has 3 amide bonds. The maximum atomic E-state index is 12.3. The molecule has 2 heterocycles. The quantitative estimate of drug-likeness (QED) is 0.857. The number of nitrogens with zero attached hydrogens (tertiary/aromatic N) is 1. The lowest BCUT2D eigenvalue weighted by Gasteiger charge is -2.33. The molecular formula is C17H21N3O3. The van der Waals surface area contributed by atoms with E-state index >= 15 is 0 Å². The van der Waals surface area contributed by atoms with Gasteiger partial charge in [-0.3, -0.25) is 14.4 Å². The van der Waals surface area contributed by atoms with E-state index in [1.165, 1.54) is 0 Å². The predicted molar refractivity (Wildman–Crippen MR) is 84.8 cm³/mol. The summed E-state index contributed by atoms with van der Waals surface area (Å²) in [5.74, 6) is -0.345. The minimum atomic E-state index is -0.464. The molecule has 3 rings (SSSR count). The van der Waals surface area contributed by atoms with E-state index in [1.54, 1.807) is 17.0 Å². The van der Waals surface area contributed by atoms with E-state index in [4.69, 9.17) is 0 Å².